The fourth-order valence-electron chi connectivity index (χ4n) is 1.34. The summed E-state index contributed by atoms with van der Waals surface area (Å²) in [6, 6.07) is 4.78. The molecule has 0 fully saturated rings. The standard InChI is InChI=1S/C11H16BrFN2/c1-14-5-6-15(2)8-9-7-10(13)3-4-11(9)12/h3-4,7,14H,5-6,8H2,1-2H3. The summed E-state index contributed by atoms with van der Waals surface area (Å²) in [4.78, 5) is 2.15. The van der Waals surface area contributed by atoms with E-state index in [0.717, 1.165) is 29.7 Å². The second-order valence-corrected chi connectivity index (χ2v) is 4.43. The van der Waals surface area contributed by atoms with E-state index < -0.39 is 0 Å². The van der Waals surface area contributed by atoms with E-state index in [0.29, 0.717) is 0 Å². The van der Waals surface area contributed by atoms with E-state index >= 15 is 0 Å². The zero-order valence-corrected chi connectivity index (χ0v) is 10.6. The normalized spacial score (nSPS) is 11.0. The third-order valence-electron chi connectivity index (χ3n) is 2.19. The molecule has 1 aromatic carbocycles. The van der Waals surface area contributed by atoms with Crippen molar-refractivity contribution in [3.63, 3.8) is 0 Å². The molecule has 0 spiro atoms. The molecule has 0 saturated carbocycles. The molecule has 0 aliphatic carbocycles. The first-order valence-corrected chi connectivity index (χ1v) is 5.70. The van der Waals surface area contributed by atoms with Crippen molar-refractivity contribution in [3.8, 4) is 0 Å². The van der Waals surface area contributed by atoms with Gasteiger partial charge in [0.15, 0.2) is 0 Å². The average Bonchev–Trinajstić information content (AvgIpc) is 2.20. The van der Waals surface area contributed by atoms with Gasteiger partial charge in [-0.1, -0.05) is 15.9 Å². The van der Waals surface area contributed by atoms with Gasteiger partial charge in [0.25, 0.3) is 0 Å². The second kappa shape index (κ2) is 6.20. The number of hydrogen-bond acceptors (Lipinski definition) is 2. The highest BCUT2D eigenvalue weighted by atomic mass is 79.9. The van der Waals surface area contributed by atoms with Crippen molar-refractivity contribution in [1.29, 1.82) is 0 Å². The molecule has 0 radical (unpaired) electrons. The molecule has 0 heterocycles. The van der Waals surface area contributed by atoms with Crippen LogP contribution in [0, 0.1) is 5.82 Å². The maximum atomic E-state index is 13.0. The van der Waals surface area contributed by atoms with Crippen molar-refractivity contribution in [2.24, 2.45) is 0 Å². The Kier molecular flexibility index (Phi) is 5.22. The molecule has 0 atom stereocenters. The van der Waals surface area contributed by atoms with Gasteiger partial charge in [-0.2, -0.15) is 0 Å². The Morgan fingerprint density at radius 1 is 1.47 bits per heavy atom. The minimum Gasteiger partial charge on any atom is -0.318 e. The Labute approximate surface area is 98.6 Å². The van der Waals surface area contributed by atoms with Gasteiger partial charge in [-0.05, 0) is 37.9 Å². The minimum atomic E-state index is -0.185. The van der Waals surface area contributed by atoms with E-state index in [1.807, 2.05) is 14.1 Å². The first kappa shape index (κ1) is 12.6. The van der Waals surface area contributed by atoms with Crippen LogP contribution in [0.2, 0.25) is 0 Å². The first-order valence-electron chi connectivity index (χ1n) is 4.90. The number of rotatable bonds is 5. The van der Waals surface area contributed by atoms with Crippen LogP contribution in [0.5, 0.6) is 0 Å². The smallest absolute Gasteiger partial charge is 0.123 e. The molecule has 1 rings (SSSR count). The Balaban J connectivity index is 2.59. The van der Waals surface area contributed by atoms with E-state index in [-0.39, 0.29) is 5.82 Å². The van der Waals surface area contributed by atoms with Gasteiger partial charge in [-0.25, -0.2) is 4.39 Å². The lowest BCUT2D eigenvalue weighted by molar-refractivity contribution is 0.327. The van der Waals surface area contributed by atoms with E-state index in [1.54, 1.807) is 12.1 Å². The average molecular weight is 275 g/mol. The number of halogens is 2. The number of nitrogens with one attached hydrogen (secondary N) is 1. The van der Waals surface area contributed by atoms with Gasteiger partial charge in [-0.3, -0.25) is 0 Å². The van der Waals surface area contributed by atoms with E-state index in [4.69, 9.17) is 0 Å². The van der Waals surface area contributed by atoms with Crippen LogP contribution in [0.25, 0.3) is 0 Å². The van der Waals surface area contributed by atoms with Gasteiger partial charge < -0.3 is 10.2 Å². The summed E-state index contributed by atoms with van der Waals surface area (Å²) < 4.78 is 14.0. The third-order valence-corrected chi connectivity index (χ3v) is 2.97. The molecule has 0 bridgehead atoms. The predicted octanol–water partition coefficient (Wildman–Crippen LogP) is 2.24. The minimum absolute atomic E-state index is 0.185. The lowest BCUT2D eigenvalue weighted by Gasteiger charge is -2.17. The zero-order chi connectivity index (χ0) is 11.3. The highest BCUT2D eigenvalue weighted by Crippen LogP contribution is 2.18. The Hall–Kier alpha value is -0.450. The molecule has 0 aliphatic heterocycles. The van der Waals surface area contributed by atoms with Gasteiger partial charge in [0.2, 0.25) is 0 Å². The van der Waals surface area contributed by atoms with Crippen molar-refractivity contribution in [2.75, 3.05) is 27.2 Å². The molecule has 15 heavy (non-hydrogen) atoms. The van der Waals surface area contributed by atoms with E-state index in [1.165, 1.54) is 6.07 Å². The Bertz CT molecular complexity index is 317. The number of benzene rings is 1. The maximum Gasteiger partial charge on any atom is 0.123 e. The van der Waals surface area contributed by atoms with Crippen molar-refractivity contribution < 1.29 is 4.39 Å². The maximum absolute atomic E-state index is 13.0. The topological polar surface area (TPSA) is 15.3 Å². The summed E-state index contributed by atoms with van der Waals surface area (Å²) in [5.74, 6) is -0.185. The SMILES string of the molecule is CNCCN(C)Cc1cc(F)ccc1Br. The molecular weight excluding hydrogens is 259 g/mol. The van der Waals surface area contributed by atoms with Crippen molar-refractivity contribution >= 4 is 15.9 Å². The summed E-state index contributed by atoms with van der Waals surface area (Å²) in [7, 11) is 3.95. The lowest BCUT2D eigenvalue weighted by Crippen LogP contribution is -2.27. The Morgan fingerprint density at radius 3 is 2.87 bits per heavy atom. The molecule has 4 heteroatoms. The van der Waals surface area contributed by atoms with Crippen molar-refractivity contribution in [3.05, 3.63) is 34.1 Å². The van der Waals surface area contributed by atoms with Gasteiger partial charge >= 0.3 is 0 Å². The molecule has 84 valence electrons. The predicted molar refractivity (Wildman–Crippen MR) is 64.4 cm³/mol. The summed E-state index contributed by atoms with van der Waals surface area (Å²) in [6.45, 7) is 2.63. The third kappa shape index (κ3) is 4.28. The van der Waals surface area contributed by atoms with Crippen molar-refractivity contribution in [1.82, 2.24) is 10.2 Å². The van der Waals surface area contributed by atoms with Crippen LogP contribution >= 0.6 is 15.9 Å². The lowest BCUT2D eigenvalue weighted by atomic mass is 10.2. The van der Waals surface area contributed by atoms with Crippen LogP contribution < -0.4 is 5.32 Å². The molecule has 0 aromatic heterocycles. The van der Waals surface area contributed by atoms with Crippen LogP contribution in [0.1, 0.15) is 5.56 Å². The van der Waals surface area contributed by atoms with Crippen LogP contribution in [0.15, 0.2) is 22.7 Å². The fourth-order valence-corrected chi connectivity index (χ4v) is 1.71. The van der Waals surface area contributed by atoms with Crippen molar-refractivity contribution in [2.45, 2.75) is 6.54 Å². The molecule has 0 unspecified atom stereocenters. The van der Waals surface area contributed by atoms with Crippen LogP contribution in [0.4, 0.5) is 4.39 Å². The molecule has 1 aromatic rings. The van der Waals surface area contributed by atoms with Gasteiger partial charge in [0.1, 0.15) is 5.82 Å². The van der Waals surface area contributed by atoms with Gasteiger partial charge in [0.05, 0.1) is 0 Å². The first-order chi connectivity index (χ1) is 7.13. The summed E-state index contributed by atoms with van der Waals surface area (Å²) in [5.41, 5.74) is 0.980. The number of nitrogens with zero attached hydrogens (tertiary/aromatic N) is 1. The fraction of sp³-hybridized carbons (Fsp3) is 0.455. The van der Waals surface area contributed by atoms with E-state index in [9.17, 15) is 4.39 Å². The highest BCUT2D eigenvalue weighted by molar-refractivity contribution is 9.10. The molecule has 0 aliphatic rings. The molecule has 0 amide bonds. The Morgan fingerprint density at radius 2 is 2.20 bits per heavy atom. The number of hydrogen-bond donors (Lipinski definition) is 1. The van der Waals surface area contributed by atoms with Crippen LogP contribution in [-0.2, 0) is 6.54 Å². The van der Waals surface area contributed by atoms with E-state index in [2.05, 4.69) is 26.1 Å². The van der Waals surface area contributed by atoms with Crippen LogP contribution in [-0.4, -0.2) is 32.1 Å². The quantitative estimate of drug-likeness (QED) is 0.886. The van der Waals surface area contributed by atoms with Crippen LogP contribution in [0.3, 0.4) is 0 Å². The monoisotopic (exact) mass is 274 g/mol. The summed E-state index contributed by atoms with van der Waals surface area (Å²) >= 11 is 3.42. The zero-order valence-electron chi connectivity index (χ0n) is 9.06. The molecular formula is C11H16BrFN2. The summed E-state index contributed by atoms with van der Waals surface area (Å²) in [6.07, 6.45) is 0. The molecule has 2 nitrogen and oxygen atoms in total. The largest absolute Gasteiger partial charge is 0.318 e. The summed E-state index contributed by atoms with van der Waals surface area (Å²) in [5, 5.41) is 3.08. The van der Waals surface area contributed by atoms with Gasteiger partial charge in [-0.15, -0.1) is 0 Å². The molecule has 1 N–H and O–H groups in total. The second-order valence-electron chi connectivity index (χ2n) is 3.58. The molecule has 0 saturated heterocycles. The highest BCUT2D eigenvalue weighted by Gasteiger charge is 2.04. The number of likely N-dealkylation sites (N-methyl/N-ethyl adjacent to an activating group) is 2. The van der Waals surface area contributed by atoms with Gasteiger partial charge in [0, 0.05) is 24.1 Å².